The molecule has 0 aromatic heterocycles. The van der Waals surface area contributed by atoms with Gasteiger partial charge < -0.3 is 5.73 Å². The molecule has 0 aliphatic heterocycles. The average Bonchev–Trinajstić information content (AvgIpc) is 1.36. The highest BCUT2D eigenvalue weighted by molar-refractivity contribution is 4.95. The van der Waals surface area contributed by atoms with Gasteiger partial charge in [0.15, 0.2) is 0 Å². The lowest BCUT2D eigenvalue weighted by Crippen LogP contribution is -1.90. The van der Waals surface area contributed by atoms with Crippen molar-refractivity contribution in [1.82, 2.24) is 0 Å². The second-order valence-electron chi connectivity index (χ2n) is 1.22. The third kappa shape index (κ3) is 1.76. The Bertz CT molecular complexity index is 57.6. The van der Waals surface area contributed by atoms with Gasteiger partial charge in [0.05, 0.1) is 0 Å². The van der Waals surface area contributed by atoms with Gasteiger partial charge in [-0.1, -0.05) is 0 Å². The summed E-state index contributed by atoms with van der Waals surface area (Å²) < 4.78 is 11.6. The van der Waals surface area contributed by atoms with Gasteiger partial charge in [0.2, 0.25) is 0 Å². The van der Waals surface area contributed by atoms with Gasteiger partial charge in [-0.25, -0.2) is 4.39 Å². The molecule has 2 heteroatoms. The van der Waals surface area contributed by atoms with Gasteiger partial charge in [-0.05, 0) is 13.8 Å². The first-order valence-electron chi connectivity index (χ1n) is 1.73. The Morgan fingerprint density at radius 3 is 1.67 bits per heavy atom. The molecule has 0 heterocycles. The molecule has 0 atom stereocenters. The number of hydrogen-bond donors (Lipinski definition) is 1. The third-order valence-corrected chi connectivity index (χ3v) is 0.543. The minimum absolute atomic E-state index is 0.259. The van der Waals surface area contributed by atoms with E-state index in [1.165, 1.54) is 13.8 Å². The first kappa shape index (κ1) is 5.47. The lowest BCUT2D eigenvalue weighted by atomic mass is 10.5. The first-order valence-corrected chi connectivity index (χ1v) is 1.73. The standard InChI is InChI=1S/C4H8FN/c1-3(5)4(2)6/h6H2,1-2H3/b4-3-. The highest BCUT2D eigenvalue weighted by atomic mass is 19.1. The molecule has 0 aliphatic carbocycles. The lowest BCUT2D eigenvalue weighted by Gasteiger charge is -1.84. The van der Waals surface area contributed by atoms with Crippen molar-refractivity contribution in [1.29, 1.82) is 0 Å². The minimum atomic E-state index is -0.296. The Balaban J connectivity index is 3.68. The summed E-state index contributed by atoms with van der Waals surface area (Å²) in [5.74, 6) is -0.296. The van der Waals surface area contributed by atoms with E-state index in [1.54, 1.807) is 0 Å². The summed E-state index contributed by atoms with van der Waals surface area (Å²) in [5, 5.41) is 0. The number of hydrogen-bond acceptors (Lipinski definition) is 1. The molecule has 0 saturated heterocycles. The van der Waals surface area contributed by atoms with Crippen LogP contribution in [0.2, 0.25) is 0 Å². The highest BCUT2D eigenvalue weighted by Crippen LogP contribution is 1.94. The topological polar surface area (TPSA) is 26.0 Å². The van der Waals surface area contributed by atoms with Gasteiger partial charge in [0.25, 0.3) is 0 Å². The van der Waals surface area contributed by atoms with Crippen LogP contribution in [0.3, 0.4) is 0 Å². The van der Waals surface area contributed by atoms with E-state index in [2.05, 4.69) is 0 Å². The zero-order chi connectivity index (χ0) is 5.15. The number of rotatable bonds is 0. The molecular weight excluding hydrogens is 81.0 g/mol. The van der Waals surface area contributed by atoms with Gasteiger partial charge in [0, 0.05) is 5.70 Å². The maximum atomic E-state index is 11.6. The summed E-state index contributed by atoms with van der Waals surface area (Å²) in [7, 11) is 0. The summed E-state index contributed by atoms with van der Waals surface area (Å²) in [5.41, 5.74) is 5.20. The Labute approximate surface area is 36.6 Å². The second kappa shape index (κ2) is 1.80. The fourth-order valence-electron chi connectivity index (χ4n) is 0. The van der Waals surface area contributed by atoms with Crippen LogP contribution in [0.25, 0.3) is 0 Å². The molecule has 0 aromatic carbocycles. The summed E-state index contributed by atoms with van der Waals surface area (Å²) >= 11 is 0. The first-order chi connectivity index (χ1) is 2.64. The van der Waals surface area contributed by atoms with E-state index < -0.39 is 0 Å². The largest absolute Gasteiger partial charge is 0.400 e. The number of halogens is 1. The van der Waals surface area contributed by atoms with Gasteiger partial charge >= 0.3 is 0 Å². The molecule has 0 spiro atoms. The summed E-state index contributed by atoms with van der Waals surface area (Å²) in [6.07, 6.45) is 0. The predicted molar refractivity (Wildman–Crippen MR) is 23.7 cm³/mol. The molecule has 0 amide bonds. The SMILES string of the molecule is C/C(N)=C(\C)F. The molecule has 6 heavy (non-hydrogen) atoms. The molecule has 1 nitrogen and oxygen atoms in total. The molecule has 0 fully saturated rings. The van der Waals surface area contributed by atoms with Crippen molar-refractivity contribution in [3.63, 3.8) is 0 Å². The summed E-state index contributed by atoms with van der Waals surface area (Å²) in [4.78, 5) is 0. The summed E-state index contributed by atoms with van der Waals surface area (Å²) in [6, 6.07) is 0. The van der Waals surface area contributed by atoms with Crippen LogP contribution < -0.4 is 5.73 Å². The van der Waals surface area contributed by atoms with E-state index in [0.717, 1.165) is 0 Å². The molecule has 0 unspecified atom stereocenters. The van der Waals surface area contributed by atoms with Crippen LogP contribution in [-0.2, 0) is 0 Å². The van der Waals surface area contributed by atoms with E-state index in [-0.39, 0.29) is 11.5 Å². The van der Waals surface area contributed by atoms with Crippen LogP contribution in [0, 0.1) is 0 Å². The van der Waals surface area contributed by atoms with Crippen molar-refractivity contribution in [3.8, 4) is 0 Å². The maximum Gasteiger partial charge on any atom is 0.115 e. The normalized spacial score (nSPS) is 13.8. The monoisotopic (exact) mass is 89.1 g/mol. The van der Waals surface area contributed by atoms with E-state index in [0.29, 0.717) is 0 Å². The minimum Gasteiger partial charge on any atom is -0.400 e. The molecule has 0 rings (SSSR count). The fourth-order valence-corrected chi connectivity index (χ4v) is 0. The van der Waals surface area contributed by atoms with Crippen LogP contribution in [0.5, 0.6) is 0 Å². The van der Waals surface area contributed by atoms with Crippen molar-refractivity contribution in [2.24, 2.45) is 5.73 Å². The summed E-state index contributed by atoms with van der Waals surface area (Å²) in [6.45, 7) is 2.85. The third-order valence-electron chi connectivity index (χ3n) is 0.543. The van der Waals surface area contributed by atoms with Crippen molar-refractivity contribution in [3.05, 3.63) is 11.5 Å². The maximum absolute atomic E-state index is 11.6. The van der Waals surface area contributed by atoms with Gasteiger partial charge in [-0.3, -0.25) is 0 Å². The Morgan fingerprint density at radius 1 is 1.50 bits per heavy atom. The molecule has 0 aromatic rings. The van der Waals surface area contributed by atoms with E-state index in [1.807, 2.05) is 0 Å². The lowest BCUT2D eigenvalue weighted by molar-refractivity contribution is 0.625. The van der Waals surface area contributed by atoms with Crippen molar-refractivity contribution in [2.75, 3.05) is 0 Å². The van der Waals surface area contributed by atoms with Crippen LogP contribution >= 0.6 is 0 Å². The van der Waals surface area contributed by atoms with Gasteiger partial charge in [0.1, 0.15) is 5.83 Å². The molecular formula is C4H8FN. The van der Waals surface area contributed by atoms with Crippen LogP contribution in [-0.4, -0.2) is 0 Å². The predicted octanol–water partition coefficient (Wildman–Crippen LogP) is 1.17. The van der Waals surface area contributed by atoms with Crippen LogP contribution in [0.4, 0.5) is 4.39 Å². The molecule has 36 valence electrons. The van der Waals surface area contributed by atoms with Crippen LogP contribution in [0.1, 0.15) is 13.8 Å². The highest BCUT2D eigenvalue weighted by Gasteiger charge is 1.81. The Kier molecular flexibility index (Phi) is 1.64. The molecule has 0 radical (unpaired) electrons. The zero-order valence-corrected chi connectivity index (χ0v) is 3.96. The molecule has 2 N–H and O–H groups in total. The molecule has 0 saturated carbocycles. The van der Waals surface area contributed by atoms with Crippen molar-refractivity contribution >= 4 is 0 Å². The van der Waals surface area contributed by atoms with Crippen molar-refractivity contribution < 1.29 is 4.39 Å². The molecule has 0 bridgehead atoms. The van der Waals surface area contributed by atoms with E-state index in [4.69, 9.17) is 5.73 Å². The molecule has 0 aliphatic rings. The second-order valence-corrected chi connectivity index (χ2v) is 1.22. The van der Waals surface area contributed by atoms with Crippen LogP contribution in [0.15, 0.2) is 11.5 Å². The van der Waals surface area contributed by atoms with Crippen molar-refractivity contribution in [2.45, 2.75) is 13.8 Å². The van der Waals surface area contributed by atoms with Gasteiger partial charge in [-0.2, -0.15) is 0 Å². The smallest absolute Gasteiger partial charge is 0.115 e. The Hall–Kier alpha value is -0.530. The quantitative estimate of drug-likeness (QED) is 0.473. The number of allylic oxidation sites excluding steroid dienone is 2. The fraction of sp³-hybridized carbons (Fsp3) is 0.500. The average molecular weight is 89.1 g/mol. The number of nitrogens with two attached hydrogens (primary N) is 1. The van der Waals surface area contributed by atoms with Gasteiger partial charge in [-0.15, -0.1) is 0 Å². The zero-order valence-electron chi connectivity index (χ0n) is 3.96. The Morgan fingerprint density at radius 2 is 1.67 bits per heavy atom. The van der Waals surface area contributed by atoms with E-state index >= 15 is 0 Å². The van der Waals surface area contributed by atoms with E-state index in [9.17, 15) is 4.39 Å².